The molecule has 0 aromatic rings. The standard InChI is InChI=1S/C3H7NO2S/c1-4-2-3-7(5)6/h2-4,7H,1H3/b3-2-. The van der Waals surface area contributed by atoms with Crippen molar-refractivity contribution in [3.8, 4) is 0 Å². The zero-order valence-corrected chi connectivity index (χ0v) is 4.81. The summed E-state index contributed by atoms with van der Waals surface area (Å²) in [6.45, 7) is 0. The van der Waals surface area contributed by atoms with Gasteiger partial charge in [-0.3, -0.25) is 0 Å². The second-order valence-corrected chi connectivity index (χ2v) is 1.76. The van der Waals surface area contributed by atoms with Crippen LogP contribution in [0.3, 0.4) is 0 Å². The number of rotatable bonds is 2. The number of thiol groups is 1. The highest BCUT2D eigenvalue weighted by molar-refractivity contribution is 7.75. The minimum absolute atomic E-state index is 1.06. The van der Waals surface area contributed by atoms with Crippen molar-refractivity contribution < 1.29 is 8.42 Å². The van der Waals surface area contributed by atoms with Gasteiger partial charge in [0.2, 0.25) is 0 Å². The first-order chi connectivity index (χ1) is 3.27. The van der Waals surface area contributed by atoms with E-state index in [1.165, 1.54) is 6.20 Å². The first-order valence-corrected chi connectivity index (χ1v) is 2.99. The fraction of sp³-hybridized carbons (Fsp3) is 0.333. The molecule has 0 radical (unpaired) electrons. The Balaban J connectivity index is 3.48. The molecular formula is C3H7NO2S. The van der Waals surface area contributed by atoms with Gasteiger partial charge in [0.25, 0.3) is 0 Å². The molecule has 0 rings (SSSR count). The van der Waals surface area contributed by atoms with Crippen molar-refractivity contribution in [1.29, 1.82) is 0 Å². The van der Waals surface area contributed by atoms with Gasteiger partial charge in [0.05, 0.1) is 0 Å². The third kappa shape index (κ3) is 5.49. The Kier molecular flexibility index (Phi) is 3.40. The molecular weight excluding hydrogens is 114 g/mol. The van der Waals surface area contributed by atoms with E-state index in [-0.39, 0.29) is 0 Å². The maximum Gasteiger partial charge on any atom is 0.162 e. The third-order valence-corrected chi connectivity index (χ3v) is 0.755. The van der Waals surface area contributed by atoms with Crippen LogP contribution in [0.2, 0.25) is 0 Å². The van der Waals surface area contributed by atoms with E-state index in [1.807, 2.05) is 0 Å². The molecule has 42 valence electrons. The molecule has 0 spiro atoms. The highest BCUT2D eigenvalue weighted by atomic mass is 32.2. The highest BCUT2D eigenvalue weighted by Crippen LogP contribution is 1.62. The molecule has 0 aromatic heterocycles. The molecule has 0 aromatic carbocycles. The summed E-state index contributed by atoms with van der Waals surface area (Å²) < 4.78 is 19.3. The lowest BCUT2D eigenvalue weighted by Gasteiger charge is -1.75. The van der Waals surface area contributed by atoms with E-state index in [1.54, 1.807) is 7.05 Å². The second-order valence-electron chi connectivity index (χ2n) is 0.890. The summed E-state index contributed by atoms with van der Waals surface area (Å²) in [7, 11) is -0.715. The SMILES string of the molecule is CN/C=C\[SH](=O)=O. The number of hydrogen-bond acceptors (Lipinski definition) is 3. The summed E-state index contributed by atoms with van der Waals surface area (Å²) >= 11 is 0. The van der Waals surface area contributed by atoms with Crippen LogP contribution in [0, 0.1) is 0 Å². The first kappa shape index (κ1) is 6.49. The van der Waals surface area contributed by atoms with Crippen molar-refractivity contribution in [1.82, 2.24) is 5.32 Å². The summed E-state index contributed by atoms with van der Waals surface area (Å²) in [6.07, 6.45) is 1.35. The molecule has 0 bridgehead atoms. The molecule has 0 aliphatic rings. The maximum absolute atomic E-state index is 9.67. The molecule has 0 heterocycles. The van der Waals surface area contributed by atoms with Crippen molar-refractivity contribution in [2.24, 2.45) is 0 Å². The third-order valence-electron chi connectivity index (χ3n) is 0.363. The monoisotopic (exact) mass is 121 g/mol. The van der Waals surface area contributed by atoms with Crippen LogP contribution in [0.4, 0.5) is 0 Å². The van der Waals surface area contributed by atoms with Crippen LogP contribution in [0.5, 0.6) is 0 Å². The van der Waals surface area contributed by atoms with Gasteiger partial charge in [-0.25, -0.2) is 8.42 Å². The van der Waals surface area contributed by atoms with Crippen LogP contribution < -0.4 is 5.32 Å². The fourth-order valence-electron chi connectivity index (χ4n) is 0.135. The highest BCUT2D eigenvalue weighted by Gasteiger charge is 1.64. The molecule has 7 heavy (non-hydrogen) atoms. The second kappa shape index (κ2) is 3.67. The molecule has 1 N–H and O–H groups in total. The van der Waals surface area contributed by atoms with Gasteiger partial charge < -0.3 is 5.32 Å². The predicted molar refractivity (Wildman–Crippen MR) is 28.5 cm³/mol. The lowest BCUT2D eigenvalue weighted by atomic mass is 11.0. The molecule has 0 saturated heterocycles. The Morgan fingerprint density at radius 2 is 2.14 bits per heavy atom. The van der Waals surface area contributed by atoms with E-state index in [9.17, 15) is 8.42 Å². The van der Waals surface area contributed by atoms with E-state index in [0.717, 1.165) is 5.41 Å². The van der Waals surface area contributed by atoms with Crippen LogP contribution in [-0.4, -0.2) is 15.5 Å². The summed E-state index contributed by atoms with van der Waals surface area (Å²) in [5.41, 5.74) is 0. The smallest absolute Gasteiger partial charge is 0.162 e. The normalized spacial score (nSPS) is 10.6. The van der Waals surface area contributed by atoms with E-state index in [0.29, 0.717) is 0 Å². The molecule has 4 heteroatoms. The van der Waals surface area contributed by atoms with Gasteiger partial charge in [-0.15, -0.1) is 0 Å². The van der Waals surface area contributed by atoms with E-state index in [4.69, 9.17) is 0 Å². The Morgan fingerprint density at radius 1 is 1.57 bits per heavy atom. The van der Waals surface area contributed by atoms with Crippen molar-refractivity contribution >= 4 is 10.7 Å². The Labute approximate surface area is 44.0 Å². The van der Waals surface area contributed by atoms with Crippen molar-refractivity contribution in [3.63, 3.8) is 0 Å². The molecule has 0 unspecified atom stereocenters. The largest absolute Gasteiger partial charge is 0.393 e. The summed E-state index contributed by atoms with van der Waals surface area (Å²) in [6, 6.07) is 0. The van der Waals surface area contributed by atoms with Crippen LogP contribution in [-0.2, 0) is 10.7 Å². The molecule has 0 aliphatic carbocycles. The molecule has 0 fully saturated rings. The van der Waals surface area contributed by atoms with E-state index in [2.05, 4.69) is 5.32 Å². The number of nitrogens with one attached hydrogen (secondary N) is 1. The topological polar surface area (TPSA) is 46.2 Å². The lowest BCUT2D eigenvalue weighted by molar-refractivity contribution is 0.621. The van der Waals surface area contributed by atoms with Gasteiger partial charge in [0.1, 0.15) is 0 Å². The quantitative estimate of drug-likeness (QED) is 0.474. The van der Waals surface area contributed by atoms with E-state index < -0.39 is 10.7 Å². The number of hydrogen-bond donors (Lipinski definition) is 2. The maximum atomic E-state index is 9.67. The average Bonchev–Trinajstić information content (AvgIpc) is 1.61. The molecule has 0 aliphatic heterocycles. The van der Waals surface area contributed by atoms with Crippen LogP contribution >= 0.6 is 0 Å². The fourth-order valence-corrected chi connectivity index (χ4v) is 0.406. The predicted octanol–water partition coefficient (Wildman–Crippen LogP) is -0.712. The van der Waals surface area contributed by atoms with Crippen molar-refractivity contribution in [3.05, 3.63) is 11.6 Å². The van der Waals surface area contributed by atoms with Crippen molar-refractivity contribution in [2.45, 2.75) is 0 Å². The zero-order chi connectivity index (χ0) is 5.70. The van der Waals surface area contributed by atoms with Crippen LogP contribution in [0.1, 0.15) is 0 Å². The van der Waals surface area contributed by atoms with Gasteiger partial charge in [0, 0.05) is 18.7 Å². The Hall–Kier alpha value is -0.510. The van der Waals surface area contributed by atoms with Crippen molar-refractivity contribution in [2.75, 3.05) is 7.05 Å². The van der Waals surface area contributed by atoms with Gasteiger partial charge in [-0.2, -0.15) is 0 Å². The Bertz CT molecular complexity index is 119. The minimum atomic E-state index is -2.35. The van der Waals surface area contributed by atoms with Gasteiger partial charge in [-0.05, 0) is 0 Å². The first-order valence-electron chi connectivity index (χ1n) is 1.75. The lowest BCUT2D eigenvalue weighted by Crippen LogP contribution is -1.90. The summed E-state index contributed by atoms with van der Waals surface area (Å²) in [5.74, 6) is 0. The molecule has 0 saturated carbocycles. The van der Waals surface area contributed by atoms with E-state index >= 15 is 0 Å². The summed E-state index contributed by atoms with van der Waals surface area (Å²) in [5, 5.41) is 3.60. The Morgan fingerprint density at radius 3 is 2.29 bits per heavy atom. The van der Waals surface area contributed by atoms with Gasteiger partial charge in [0.15, 0.2) is 10.7 Å². The van der Waals surface area contributed by atoms with Gasteiger partial charge in [-0.1, -0.05) is 0 Å². The van der Waals surface area contributed by atoms with Crippen LogP contribution in [0.15, 0.2) is 11.6 Å². The minimum Gasteiger partial charge on any atom is -0.393 e. The zero-order valence-electron chi connectivity index (χ0n) is 3.92. The molecule has 0 atom stereocenters. The van der Waals surface area contributed by atoms with Crippen LogP contribution in [0.25, 0.3) is 0 Å². The summed E-state index contributed by atoms with van der Waals surface area (Å²) in [4.78, 5) is 0. The molecule has 0 amide bonds. The average molecular weight is 121 g/mol. The molecule has 3 nitrogen and oxygen atoms in total. The van der Waals surface area contributed by atoms with Gasteiger partial charge >= 0.3 is 0 Å².